The van der Waals surface area contributed by atoms with Crippen LogP contribution in [0.5, 0.6) is 5.75 Å². The summed E-state index contributed by atoms with van der Waals surface area (Å²) < 4.78 is 41.4. The largest absolute Gasteiger partial charge is 0.488 e. The van der Waals surface area contributed by atoms with Crippen molar-refractivity contribution in [1.29, 1.82) is 0 Å². The number of nitrogens with one attached hydrogen (secondary N) is 1. The van der Waals surface area contributed by atoms with Gasteiger partial charge >= 0.3 is 6.09 Å². The highest BCUT2D eigenvalue weighted by Gasteiger charge is 2.28. The summed E-state index contributed by atoms with van der Waals surface area (Å²) in [5.41, 5.74) is 1.57. The zero-order chi connectivity index (χ0) is 30.2. The average Bonchev–Trinajstić information content (AvgIpc) is 2.93. The monoisotopic (exact) mass is 600 g/mol. The first-order chi connectivity index (χ1) is 19.9. The minimum atomic E-state index is -0.614. The molecule has 0 radical (unpaired) electrons. The first-order valence-electron chi connectivity index (χ1n) is 13.9. The molecule has 0 atom stereocenters. The molecule has 2 aliphatic rings. The third kappa shape index (κ3) is 6.46. The lowest BCUT2D eigenvalue weighted by atomic mass is 10.1. The molecule has 2 aliphatic heterocycles. The smallest absolute Gasteiger partial charge is 0.410 e. The quantitative estimate of drug-likeness (QED) is 0.356. The number of ether oxygens (including phenoxy) is 2. The Balaban J connectivity index is 1.31. The van der Waals surface area contributed by atoms with Crippen LogP contribution in [0.3, 0.4) is 0 Å². The van der Waals surface area contributed by atoms with Crippen molar-refractivity contribution in [3.8, 4) is 17.0 Å². The van der Waals surface area contributed by atoms with Crippen LogP contribution < -0.4 is 19.9 Å². The molecule has 224 valence electrons. The van der Waals surface area contributed by atoms with Gasteiger partial charge in [0.15, 0.2) is 11.6 Å². The Kier molecular flexibility index (Phi) is 8.32. The second-order valence-electron chi connectivity index (χ2n) is 11.6. The van der Waals surface area contributed by atoms with E-state index in [1.165, 1.54) is 6.07 Å². The lowest BCUT2D eigenvalue weighted by molar-refractivity contribution is 0.0240. The maximum Gasteiger partial charge on any atom is 0.410 e. The van der Waals surface area contributed by atoms with Crippen LogP contribution in [0, 0.1) is 11.6 Å². The number of benzene rings is 2. The molecular formula is C30H35ClF2N6O3. The van der Waals surface area contributed by atoms with E-state index >= 15 is 4.39 Å². The zero-order valence-electron chi connectivity index (χ0n) is 24.4. The number of halogens is 3. The maximum absolute atomic E-state index is 15.2. The highest BCUT2D eigenvalue weighted by atomic mass is 35.5. The lowest BCUT2D eigenvalue weighted by Crippen LogP contribution is -2.50. The number of fused-ring (bicyclic) bond motifs is 1. The van der Waals surface area contributed by atoms with Crippen LogP contribution in [0.25, 0.3) is 11.3 Å². The molecule has 0 bridgehead atoms. The fourth-order valence-corrected chi connectivity index (χ4v) is 5.30. The van der Waals surface area contributed by atoms with Crippen molar-refractivity contribution < 1.29 is 23.0 Å². The first-order valence-corrected chi connectivity index (χ1v) is 14.3. The van der Waals surface area contributed by atoms with Gasteiger partial charge in [-0.3, -0.25) is 0 Å². The van der Waals surface area contributed by atoms with E-state index in [-0.39, 0.29) is 23.8 Å². The third-order valence-corrected chi connectivity index (χ3v) is 7.31. The number of amides is 1. The van der Waals surface area contributed by atoms with Gasteiger partial charge < -0.3 is 29.5 Å². The Morgan fingerprint density at radius 2 is 1.79 bits per heavy atom. The summed E-state index contributed by atoms with van der Waals surface area (Å²) >= 11 is 6.53. The van der Waals surface area contributed by atoms with E-state index in [2.05, 4.69) is 34.0 Å². The molecule has 0 aliphatic carbocycles. The molecule has 5 rings (SSSR count). The van der Waals surface area contributed by atoms with Gasteiger partial charge in [0.25, 0.3) is 0 Å². The second kappa shape index (κ2) is 11.8. The second-order valence-corrected chi connectivity index (χ2v) is 12.0. The van der Waals surface area contributed by atoms with Gasteiger partial charge in [0.2, 0.25) is 5.95 Å². The Bertz CT molecular complexity index is 1470. The topological polar surface area (TPSA) is 83.1 Å². The molecule has 0 spiro atoms. The van der Waals surface area contributed by atoms with Crippen LogP contribution in [0.2, 0.25) is 5.02 Å². The number of carbonyl (C=O) groups is 1. The van der Waals surface area contributed by atoms with Gasteiger partial charge in [-0.1, -0.05) is 11.6 Å². The van der Waals surface area contributed by atoms with Gasteiger partial charge in [-0.05, 0) is 65.0 Å². The van der Waals surface area contributed by atoms with Gasteiger partial charge in [-0.25, -0.2) is 23.5 Å². The Morgan fingerprint density at radius 1 is 1.05 bits per heavy atom. The molecule has 1 amide bonds. The fourth-order valence-electron chi connectivity index (χ4n) is 5.03. The molecule has 1 aromatic heterocycles. The average molecular weight is 601 g/mol. The summed E-state index contributed by atoms with van der Waals surface area (Å²) in [5, 5.41) is 3.34. The first kappa shape index (κ1) is 29.6. The van der Waals surface area contributed by atoms with E-state index in [0.717, 1.165) is 11.9 Å². The Labute approximate surface area is 249 Å². The van der Waals surface area contributed by atoms with Gasteiger partial charge in [0, 0.05) is 43.5 Å². The van der Waals surface area contributed by atoms with E-state index in [9.17, 15) is 9.18 Å². The normalized spacial score (nSPS) is 15.4. The lowest BCUT2D eigenvalue weighted by Gasteiger charge is -2.36. The SMILES string of the molecule is CC(C)N1CCOc2c(Cl)cc(-c3nc(Nc4ccc(N5CCN(C(=O)OC(C)(C)C)CC5)c(F)c4)ncc3F)cc21. The summed E-state index contributed by atoms with van der Waals surface area (Å²) in [5.74, 6) is -0.384. The molecule has 12 heteroatoms. The predicted molar refractivity (Wildman–Crippen MR) is 160 cm³/mol. The van der Waals surface area contributed by atoms with Crippen molar-refractivity contribution in [2.24, 2.45) is 0 Å². The van der Waals surface area contributed by atoms with Crippen LogP contribution in [0.1, 0.15) is 34.6 Å². The molecule has 0 saturated carbocycles. The van der Waals surface area contributed by atoms with Crippen molar-refractivity contribution in [2.75, 3.05) is 54.4 Å². The van der Waals surface area contributed by atoms with E-state index in [0.29, 0.717) is 67.0 Å². The van der Waals surface area contributed by atoms with Crippen molar-refractivity contribution >= 4 is 40.7 Å². The number of carbonyl (C=O) groups excluding carboxylic acids is 1. The molecule has 3 aromatic rings. The van der Waals surface area contributed by atoms with Gasteiger partial charge in [-0.2, -0.15) is 0 Å². The van der Waals surface area contributed by atoms with Crippen molar-refractivity contribution in [2.45, 2.75) is 46.3 Å². The number of piperazine rings is 1. The zero-order valence-corrected chi connectivity index (χ0v) is 25.1. The molecule has 1 saturated heterocycles. The standard InChI is InChI=1S/C30H35ClF2N6O3/c1-18(2)39-12-13-41-27-21(31)14-19(15-25(27)39)26-23(33)17-34-28(36-26)35-20-6-7-24(22(32)16-20)37-8-10-38(11-9-37)29(40)42-30(3,4)5/h6-7,14-18H,8-13H2,1-5H3,(H,34,35,36). The highest BCUT2D eigenvalue weighted by Crippen LogP contribution is 2.42. The number of anilines is 4. The molecule has 1 fully saturated rings. The highest BCUT2D eigenvalue weighted by molar-refractivity contribution is 6.33. The van der Waals surface area contributed by atoms with Crippen molar-refractivity contribution in [3.05, 3.63) is 53.2 Å². The van der Waals surface area contributed by atoms with E-state index in [4.69, 9.17) is 21.1 Å². The van der Waals surface area contributed by atoms with Crippen LogP contribution in [-0.2, 0) is 4.74 Å². The van der Waals surface area contributed by atoms with Gasteiger partial charge in [0.1, 0.15) is 23.7 Å². The number of nitrogens with zero attached hydrogens (tertiary/aromatic N) is 5. The van der Waals surface area contributed by atoms with Crippen molar-refractivity contribution in [1.82, 2.24) is 14.9 Å². The summed E-state index contributed by atoms with van der Waals surface area (Å²) in [6.07, 6.45) is 0.702. The van der Waals surface area contributed by atoms with E-state index in [1.54, 1.807) is 23.1 Å². The molecule has 1 N–H and O–H groups in total. The van der Waals surface area contributed by atoms with Crippen LogP contribution in [-0.4, -0.2) is 71.9 Å². The summed E-state index contributed by atoms with van der Waals surface area (Å²) in [7, 11) is 0. The van der Waals surface area contributed by atoms with Crippen molar-refractivity contribution in [3.63, 3.8) is 0 Å². The van der Waals surface area contributed by atoms with Gasteiger partial charge in [-0.15, -0.1) is 0 Å². The minimum Gasteiger partial charge on any atom is -0.488 e. The fraction of sp³-hybridized carbons (Fsp3) is 0.433. The Hall–Kier alpha value is -3.86. The predicted octanol–water partition coefficient (Wildman–Crippen LogP) is 6.48. The van der Waals surface area contributed by atoms with E-state index in [1.807, 2.05) is 31.7 Å². The molecule has 42 heavy (non-hydrogen) atoms. The third-order valence-electron chi connectivity index (χ3n) is 7.03. The van der Waals surface area contributed by atoms with Crippen LogP contribution >= 0.6 is 11.6 Å². The minimum absolute atomic E-state index is 0.0615. The van der Waals surface area contributed by atoms with Gasteiger partial charge in [0.05, 0.1) is 29.1 Å². The molecule has 0 unspecified atom stereocenters. The summed E-state index contributed by atoms with van der Waals surface area (Å²) in [6, 6.07) is 8.34. The number of hydrogen-bond acceptors (Lipinski definition) is 8. The van der Waals surface area contributed by atoms with E-state index < -0.39 is 17.2 Å². The van der Waals surface area contributed by atoms with Crippen LogP contribution in [0.4, 0.5) is 36.6 Å². The van der Waals surface area contributed by atoms with Crippen LogP contribution in [0.15, 0.2) is 36.5 Å². The summed E-state index contributed by atoms with van der Waals surface area (Å²) in [4.78, 5) is 26.5. The Morgan fingerprint density at radius 3 is 2.45 bits per heavy atom. The number of aromatic nitrogens is 2. The summed E-state index contributed by atoms with van der Waals surface area (Å²) in [6.45, 7) is 12.6. The molecular weight excluding hydrogens is 566 g/mol. The number of hydrogen-bond donors (Lipinski definition) is 1. The molecule has 9 nitrogen and oxygen atoms in total. The molecule has 2 aromatic carbocycles. The molecule has 3 heterocycles. The number of rotatable bonds is 5. The maximum atomic E-state index is 15.2.